The van der Waals surface area contributed by atoms with E-state index in [1.807, 2.05) is 42.1 Å². The molecule has 3 aromatic rings. The van der Waals surface area contributed by atoms with Crippen molar-refractivity contribution in [2.24, 2.45) is 7.05 Å². The quantitative estimate of drug-likeness (QED) is 0.744. The predicted octanol–water partition coefficient (Wildman–Crippen LogP) is 2.05. The van der Waals surface area contributed by atoms with Gasteiger partial charge >= 0.3 is 0 Å². The molecule has 18 heavy (non-hydrogen) atoms. The Morgan fingerprint density at radius 3 is 2.89 bits per heavy atom. The van der Waals surface area contributed by atoms with Crippen LogP contribution in [0.2, 0.25) is 0 Å². The highest BCUT2D eigenvalue weighted by Crippen LogP contribution is 2.27. The minimum atomic E-state index is -0.738. The van der Waals surface area contributed by atoms with E-state index in [9.17, 15) is 5.11 Å². The van der Waals surface area contributed by atoms with E-state index in [1.165, 1.54) is 0 Å². The molecule has 0 radical (unpaired) electrons. The van der Waals surface area contributed by atoms with Crippen molar-refractivity contribution in [3.05, 3.63) is 60.4 Å². The molecule has 1 unspecified atom stereocenters. The molecular weight excluding hydrogens is 226 g/mol. The van der Waals surface area contributed by atoms with Crippen LogP contribution in [0, 0.1) is 0 Å². The number of aryl methyl sites for hydroxylation is 1. The van der Waals surface area contributed by atoms with Crippen LogP contribution in [0.15, 0.2) is 49.1 Å². The average Bonchev–Trinajstić information content (AvgIpc) is 2.83. The number of aliphatic hydroxyl groups excluding tert-OH is 1. The van der Waals surface area contributed by atoms with Gasteiger partial charge in [-0.3, -0.25) is 4.98 Å². The summed E-state index contributed by atoms with van der Waals surface area (Å²) in [6.45, 7) is 0. The van der Waals surface area contributed by atoms with E-state index in [0.717, 1.165) is 16.3 Å². The molecule has 0 aliphatic carbocycles. The molecule has 1 N–H and O–H groups in total. The van der Waals surface area contributed by atoms with E-state index in [-0.39, 0.29) is 0 Å². The second-order valence-electron chi connectivity index (χ2n) is 4.24. The van der Waals surface area contributed by atoms with Crippen molar-refractivity contribution < 1.29 is 5.11 Å². The second kappa shape index (κ2) is 4.23. The van der Waals surface area contributed by atoms with E-state index in [4.69, 9.17) is 0 Å². The summed E-state index contributed by atoms with van der Waals surface area (Å²) in [6, 6.07) is 7.78. The standard InChI is InChI=1S/C14H13N3O/c1-17-8-7-16-14(17)13(18)11-4-2-3-10-5-6-15-9-12(10)11/h2-9,13,18H,1H3. The summed E-state index contributed by atoms with van der Waals surface area (Å²) in [7, 11) is 1.87. The molecule has 0 bridgehead atoms. The maximum absolute atomic E-state index is 10.4. The van der Waals surface area contributed by atoms with E-state index < -0.39 is 6.10 Å². The first-order chi connectivity index (χ1) is 8.77. The fourth-order valence-electron chi connectivity index (χ4n) is 2.16. The van der Waals surface area contributed by atoms with Crippen LogP contribution in [-0.4, -0.2) is 19.6 Å². The topological polar surface area (TPSA) is 50.9 Å². The predicted molar refractivity (Wildman–Crippen MR) is 69.0 cm³/mol. The number of aliphatic hydroxyl groups is 1. The van der Waals surface area contributed by atoms with Gasteiger partial charge in [0.15, 0.2) is 0 Å². The Morgan fingerprint density at radius 1 is 1.22 bits per heavy atom. The Kier molecular flexibility index (Phi) is 2.57. The normalized spacial score (nSPS) is 12.8. The summed E-state index contributed by atoms with van der Waals surface area (Å²) in [6.07, 6.45) is 6.29. The minimum absolute atomic E-state index is 0.631. The number of hydrogen-bond donors (Lipinski definition) is 1. The highest BCUT2D eigenvalue weighted by atomic mass is 16.3. The molecule has 3 rings (SSSR count). The zero-order chi connectivity index (χ0) is 12.5. The van der Waals surface area contributed by atoms with Crippen LogP contribution in [0.25, 0.3) is 10.8 Å². The van der Waals surface area contributed by atoms with E-state index >= 15 is 0 Å². The lowest BCUT2D eigenvalue weighted by atomic mass is 10.0. The number of pyridine rings is 1. The summed E-state index contributed by atoms with van der Waals surface area (Å²) >= 11 is 0. The van der Waals surface area contributed by atoms with Gasteiger partial charge in [-0.15, -0.1) is 0 Å². The monoisotopic (exact) mass is 239 g/mol. The van der Waals surface area contributed by atoms with Gasteiger partial charge < -0.3 is 9.67 Å². The molecule has 4 nitrogen and oxygen atoms in total. The Balaban J connectivity index is 2.18. The Labute approximate surface area is 105 Å². The summed E-state index contributed by atoms with van der Waals surface area (Å²) < 4.78 is 1.82. The molecule has 90 valence electrons. The molecule has 0 spiro atoms. The van der Waals surface area contributed by atoms with Crippen LogP contribution in [0.1, 0.15) is 17.5 Å². The van der Waals surface area contributed by atoms with Crippen molar-refractivity contribution in [2.75, 3.05) is 0 Å². The van der Waals surface area contributed by atoms with Gasteiger partial charge in [0.25, 0.3) is 0 Å². The summed E-state index contributed by atoms with van der Waals surface area (Å²) in [5.41, 5.74) is 0.829. The number of benzene rings is 1. The van der Waals surface area contributed by atoms with Crippen molar-refractivity contribution in [3.63, 3.8) is 0 Å². The first-order valence-electron chi connectivity index (χ1n) is 5.75. The van der Waals surface area contributed by atoms with Crippen LogP contribution < -0.4 is 0 Å². The summed E-state index contributed by atoms with van der Waals surface area (Å²) in [4.78, 5) is 8.31. The van der Waals surface area contributed by atoms with E-state index in [2.05, 4.69) is 9.97 Å². The third-order valence-corrected chi connectivity index (χ3v) is 3.11. The van der Waals surface area contributed by atoms with Gasteiger partial charge in [0.05, 0.1) is 0 Å². The van der Waals surface area contributed by atoms with Crippen molar-refractivity contribution in [3.8, 4) is 0 Å². The van der Waals surface area contributed by atoms with Crippen LogP contribution in [0.3, 0.4) is 0 Å². The Bertz CT molecular complexity index is 685. The van der Waals surface area contributed by atoms with Gasteiger partial charge in [-0.2, -0.15) is 0 Å². The fraction of sp³-hybridized carbons (Fsp3) is 0.143. The number of hydrogen-bond acceptors (Lipinski definition) is 3. The van der Waals surface area contributed by atoms with E-state index in [1.54, 1.807) is 18.6 Å². The van der Waals surface area contributed by atoms with Gasteiger partial charge in [-0.05, 0) is 17.0 Å². The largest absolute Gasteiger partial charge is 0.380 e. The molecule has 0 amide bonds. The number of imidazole rings is 1. The van der Waals surface area contributed by atoms with Crippen LogP contribution >= 0.6 is 0 Å². The summed E-state index contributed by atoms with van der Waals surface area (Å²) in [5, 5.41) is 12.5. The molecule has 0 saturated carbocycles. The molecular formula is C14H13N3O. The maximum atomic E-state index is 10.4. The smallest absolute Gasteiger partial charge is 0.142 e. The fourth-order valence-corrected chi connectivity index (χ4v) is 2.16. The molecule has 1 atom stereocenters. The van der Waals surface area contributed by atoms with Gasteiger partial charge in [-0.25, -0.2) is 4.98 Å². The zero-order valence-corrected chi connectivity index (χ0v) is 9.99. The van der Waals surface area contributed by atoms with Gasteiger partial charge in [-0.1, -0.05) is 18.2 Å². The first-order valence-corrected chi connectivity index (χ1v) is 5.75. The second-order valence-corrected chi connectivity index (χ2v) is 4.24. The van der Waals surface area contributed by atoms with Gasteiger partial charge in [0, 0.05) is 37.2 Å². The van der Waals surface area contributed by atoms with Crippen LogP contribution in [0.5, 0.6) is 0 Å². The Morgan fingerprint density at radius 2 is 2.11 bits per heavy atom. The number of fused-ring (bicyclic) bond motifs is 1. The summed E-state index contributed by atoms with van der Waals surface area (Å²) in [5.74, 6) is 0.631. The third kappa shape index (κ3) is 1.67. The van der Waals surface area contributed by atoms with Crippen molar-refractivity contribution in [2.45, 2.75) is 6.10 Å². The highest BCUT2D eigenvalue weighted by molar-refractivity contribution is 5.85. The SMILES string of the molecule is Cn1ccnc1C(O)c1cccc2ccncc12. The minimum Gasteiger partial charge on any atom is -0.380 e. The van der Waals surface area contributed by atoms with Gasteiger partial charge in [0.1, 0.15) is 11.9 Å². The maximum Gasteiger partial charge on any atom is 0.142 e. The molecule has 1 aromatic carbocycles. The molecule has 2 aromatic heterocycles. The average molecular weight is 239 g/mol. The lowest BCUT2D eigenvalue weighted by molar-refractivity contribution is 0.208. The number of aromatic nitrogens is 3. The molecule has 0 aliphatic heterocycles. The highest BCUT2D eigenvalue weighted by Gasteiger charge is 2.17. The molecule has 4 heteroatoms. The molecule has 0 saturated heterocycles. The van der Waals surface area contributed by atoms with Crippen LogP contribution in [0.4, 0.5) is 0 Å². The van der Waals surface area contributed by atoms with Crippen molar-refractivity contribution in [1.29, 1.82) is 0 Å². The molecule has 2 heterocycles. The molecule has 0 aliphatic rings. The number of rotatable bonds is 2. The van der Waals surface area contributed by atoms with E-state index in [0.29, 0.717) is 5.82 Å². The lowest BCUT2D eigenvalue weighted by Gasteiger charge is -2.13. The molecule has 0 fully saturated rings. The third-order valence-electron chi connectivity index (χ3n) is 3.11. The first kappa shape index (κ1) is 10.9. The lowest BCUT2D eigenvalue weighted by Crippen LogP contribution is -2.07. The van der Waals surface area contributed by atoms with Crippen molar-refractivity contribution in [1.82, 2.24) is 14.5 Å². The Hall–Kier alpha value is -2.20. The van der Waals surface area contributed by atoms with Crippen molar-refractivity contribution >= 4 is 10.8 Å². The number of nitrogens with zero attached hydrogens (tertiary/aromatic N) is 3. The van der Waals surface area contributed by atoms with Gasteiger partial charge in [0.2, 0.25) is 0 Å². The van der Waals surface area contributed by atoms with Crippen LogP contribution in [-0.2, 0) is 7.05 Å². The zero-order valence-electron chi connectivity index (χ0n) is 9.99.